The first kappa shape index (κ1) is 15.6. The van der Waals surface area contributed by atoms with Gasteiger partial charge in [-0.2, -0.15) is 0 Å². The summed E-state index contributed by atoms with van der Waals surface area (Å²) >= 11 is 12.2. The molecule has 4 heteroatoms. The smallest absolute Gasteiger partial charge is 0.0679 e. The van der Waals surface area contributed by atoms with E-state index >= 15 is 0 Å². The normalized spacial score (nSPS) is 29.1. The number of rotatable bonds is 4. The maximum atomic E-state index is 11.1. The van der Waals surface area contributed by atoms with E-state index in [-0.39, 0.29) is 11.5 Å². The van der Waals surface area contributed by atoms with Crippen molar-refractivity contribution in [3.05, 3.63) is 33.8 Å². The third-order valence-electron chi connectivity index (χ3n) is 5.65. The van der Waals surface area contributed by atoms with Crippen LogP contribution >= 0.6 is 23.2 Å². The number of aliphatic hydroxyl groups is 1. The van der Waals surface area contributed by atoms with E-state index in [1.165, 1.54) is 12.8 Å². The Hall–Kier alpha value is -0.280. The van der Waals surface area contributed by atoms with E-state index in [9.17, 15) is 5.11 Å². The molecule has 2 fully saturated rings. The molecule has 0 amide bonds. The van der Waals surface area contributed by atoms with Crippen molar-refractivity contribution in [1.82, 2.24) is 5.32 Å². The molecule has 0 spiro atoms. The van der Waals surface area contributed by atoms with Crippen LogP contribution in [0, 0.1) is 5.92 Å². The summed E-state index contributed by atoms with van der Waals surface area (Å²) in [6.07, 6.45) is 6.42. The summed E-state index contributed by atoms with van der Waals surface area (Å²) < 4.78 is 0. The molecule has 2 nitrogen and oxygen atoms in total. The first-order valence-corrected chi connectivity index (χ1v) is 8.65. The molecule has 2 saturated carbocycles. The minimum absolute atomic E-state index is 0.127. The van der Waals surface area contributed by atoms with Crippen LogP contribution in [0.5, 0.6) is 0 Å². The van der Waals surface area contributed by atoms with Crippen molar-refractivity contribution in [2.75, 3.05) is 7.05 Å². The van der Waals surface area contributed by atoms with Crippen LogP contribution in [0.25, 0.3) is 0 Å². The highest BCUT2D eigenvalue weighted by Crippen LogP contribution is 2.51. The summed E-state index contributed by atoms with van der Waals surface area (Å²) in [7, 11) is 2.00. The first-order valence-electron chi connectivity index (χ1n) is 7.89. The quantitative estimate of drug-likeness (QED) is 0.870. The lowest BCUT2D eigenvalue weighted by atomic mass is 9.58. The third-order valence-corrected chi connectivity index (χ3v) is 6.39. The SMILES string of the molecule is CN[C@@H]1CCC[C@H]1[C@@H](O)C1(c2ccc(Cl)c(Cl)c2)CCC1. The molecule has 0 unspecified atom stereocenters. The monoisotopic (exact) mass is 327 g/mol. The molecule has 0 saturated heterocycles. The van der Waals surface area contributed by atoms with E-state index in [1.54, 1.807) is 0 Å². The van der Waals surface area contributed by atoms with Crippen molar-refractivity contribution in [2.45, 2.75) is 56.1 Å². The fraction of sp³-hybridized carbons (Fsp3) is 0.647. The number of benzene rings is 1. The zero-order chi connectivity index (χ0) is 15.0. The van der Waals surface area contributed by atoms with Gasteiger partial charge in [0.2, 0.25) is 0 Å². The third kappa shape index (κ3) is 2.61. The largest absolute Gasteiger partial charge is 0.392 e. The Morgan fingerprint density at radius 2 is 1.95 bits per heavy atom. The summed E-state index contributed by atoms with van der Waals surface area (Å²) in [5, 5.41) is 15.7. The van der Waals surface area contributed by atoms with Gasteiger partial charge < -0.3 is 10.4 Å². The Labute approximate surface area is 136 Å². The van der Waals surface area contributed by atoms with Crippen LogP contribution in [-0.2, 0) is 5.41 Å². The predicted octanol–water partition coefficient (Wildman–Crippen LogP) is 4.16. The van der Waals surface area contributed by atoms with Gasteiger partial charge in [0.1, 0.15) is 0 Å². The Kier molecular flexibility index (Phi) is 4.52. The number of halogens is 2. The highest BCUT2D eigenvalue weighted by atomic mass is 35.5. The van der Waals surface area contributed by atoms with Crippen molar-refractivity contribution < 1.29 is 5.11 Å². The Balaban J connectivity index is 1.90. The van der Waals surface area contributed by atoms with Crippen LogP contribution in [0.1, 0.15) is 44.1 Å². The van der Waals surface area contributed by atoms with E-state index in [0.717, 1.165) is 31.2 Å². The molecule has 2 N–H and O–H groups in total. The van der Waals surface area contributed by atoms with Crippen LogP contribution in [0.3, 0.4) is 0 Å². The molecular weight excluding hydrogens is 305 g/mol. The van der Waals surface area contributed by atoms with Crippen LogP contribution in [0.2, 0.25) is 10.0 Å². The lowest BCUT2D eigenvalue weighted by Crippen LogP contribution is -2.52. The molecule has 0 heterocycles. The minimum atomic E-state index is -0.302. The van der Waals surface area contributed by atoms with Crippen molar-refractivity contribution in [3.8, 4) is 0 Å². The molecule has 3 rings (SSSR count). The van der Waals surface area contributed by atoms with Crippen LogP contribution in [0.15, 0.2) is 18.2 Å². The molecule has 1 aromatic carbocycles. The van der Waals surface area contributed by atoms with E-state index < -0.39 is 0 Å². The first-order chi connectivity index (χ1) is 10.1. The molecule has 2 aliphatic carbocycles. The highest BCUT2D eigenvalue weighted by molar-refractivity contribution is 6.42. The molecule has 0 aliphatic heterocycles. The van der Waals surface area contributed by atoms with Gasteiger partial charge in [0, 0.05) is 17.4 Å². The summed E-state index contributed by atoms with van der Waals surface area (Å²) in [4.78, 5) is 0. The van der Waals surface area contributed by atoms with Gasteiger partial charge in [-0.3, -0.25) is 0 Å². The maximum Gasteiger partial charge on any atom is 0.0679 e. The Morgan fingerprint density at radius 3 is 2.52 bits per heavy atom. The second-order valence-electron chi connectivity index (χ2n) is 6.57. The summed E-state index contributed by atoms with van der Waals surface area (Å²) in [5.74, 6) is 0.338. The van der Waals surface area contributed by atoms with E-state index in [2.05, 4.69) is 5.32 Å². The molecule has 0 aromatic heterocycles. The molecular formula is C17H23Cl2NO. The average molecular weight is 328 g/mol. The van der Waals surface area contributed by atoms with Gasteiger partial charge in [-0.05, 0) is 50.4 Å². The molecule has 3 atom stereocenters. The summed E-state index contributed by atoms with van der Waals surface area (Å²) in [6.45, 7) is 0. The number of nitrogens with one attached hydrogen (secondary N) is 1. The zero-order valence-corrected chi connectivity index (χ0v) is 13.9. The lowest BCUT2D eigenvalue weighted by molar-refractivity contribution is -0.0192. The lowest BCUT2D eigenvalue weighted by Gasteiger charge is -2.49. The summed E-state index contributed by atoms with van der Waals surface area (Å²) in [6, 6.07) is 6.28. The van der Waals surface area contributed by atoms with Crippen LogP contribution in [-0.4, -0.2) is 24.3 Å². The van der Waals surface area contributed by atoms with Crippen molar-refractivity contribution in [1.29, 1.82) is 0 Å². The van der Waals surface area contributed by atoms with Crippen LogP contribution in [0.4, 0.5) is 0 Å². The van der Waals surface area contributed by atoms with Gasteiger partial charge in [0.05, 0.1) is 16.1 Å². The maximum absolute atomic E-state index is 11.1. The second-order valence-corrected chi connectivity index (χ2v) is 7.39. The van der Waals surface area contributed by atoms with Gasteiger partial charge in [-0.15, -0.1) is 0 Å². The topological polar surface area (TPSA) is 32.3 Å². The number of hydrogen-bond acceptors (Lipinski definition) is 2. The predicted molar refractivity (Wildman–Crippen MR) is 88.2 cm³/mol. The van der Waals surface area contributed by atoms with Crippen molar-refractivity contribution in [2.24, 2.45) is 5.92 Å². The van der Waals surface area contributed by atoms with Gasteiger partial charge >= 0.3 is 0 Å². The zero-order valence-electron chi connectivity index (χ0n) is 12.4. The standard InChI is InChI=1S/C17H23Cl2NO/c1-20-15-5-2-4-12(15)16(21)17(8-3-9-17)11-6-7-13(18)14(19)10-11/h6-7,10,12,15-16,20-21H,2-5,8-9H2,1H3/t12-,15-,16-/m1/s1. The molecule has 116 valence electrons. The van der Waals surface area contributed by atoms with Gasteiger partial charge in [-0.1, -0.05) is 42.1 Å². The molecule has 21 heavy (non-hydrogen) atoms. The van der Waals surface area contributed by atoms with Gasteiger partial charge in [0.15, 0.2) is 0 Å². The molecule has 0 radical (unpaired) electrons. The molecule has 2 aliphatic rings. The highest BCUT2D eigenvalue weighted by Gasteiger charge is 2.50. The fourth-order valence-corrected chi connectivity index (χ4v) is 4.55. The minimum Gasteiger partial charge on any atom is -0.392 e. The van der Waals surface area contributed by atoms with E-state index in [4.69, 9.17) is 23.2 Å². The van der Waals surface area contributed by atoms with Gasteiger partial charge in [-0.25, -0.2) is 0 Å². The number of hydrogen-bond donors (Lipinski definition) is 2. The van der Waals surface area contributed by atoms with Crippen molar-refractivity contribution >= 4 is 23.2 Å². The Morgan fingerprint density at radius 1 is 1.19 bits per heavy atom. The van der Waals surface area contributed by atoms with E-state index in [0.29, 0.717) is 22.0 Å². The van der Waals surface area contributed by atoms with E-state index in [1.807, 2.05) is 25.2 Å². The summed E-state index contributed by atoms with van der Waals surface area (Å²) in [5.41, 5.74) is 1.02. The van der Waals surface area contributed by atoms with Crippen LogP contribution < -0.4 is 5.32 Å². The molecule has 0 bridgehead atoms. The van der Waals surface area contributed by atoms with Crippen molar-refractivity contribution in [3.63, 3.8) is 0 Å². The second kappa shape index (κ2) is 6.08. The average Bonchev–Trinajstić information content (AvgIpc) is 2.89. The Bertz CT molecular complexity index is 516. The fourth-order valence-electron chi connectivity index (χ4n) is 4.25. The molecule has 1 aromatic rings. The number of aliphatic hydroxyl groups excluding tert-OH is 1. The van der Waals surface area contributed by atoms with Gasteiger partial charge in [0.25, 0.3) is 0 Å².